The van der Waals surface area contributed by atoms with Gasteiger partial charge in [0.15, 0.2) is 0 Å². The fraction of sp³-hybridized carbons (Fsp3) is 0.273. The number of aliphatic carboxylic acids is 1. The first kappa shape index (κ1) is 15.9. The summed E-state index contributed by atoms with van der Waals surface area (Å²) >= 11 is 5.75. The molecule has 0 saturated heterocycles. The maximum Gasteiger partial charge on any atom is 0.326 e. The number of rotatable bonds is 6. The predicted molar refractivity (Wildman–Crippen MR) is 68.7 cm³/mol. The predicted octanol–water partition coefficient (Wildman–Crippen LogP) is 0.814. The summed E-state index contributed by atoms with van der Waals surface area (Å²) < 4.78 is 0. The second kappa shape index (κ2) is 6.83. The molecule has 0 heterocycles. The smallest absolute Gasteiger partial charge is 0.326 e. The van der Waals surface area contributed by atoms with Gasteiger partial charge >= 0.3 is 5.97 Å². The minimum Gasteiger partial charge on any atom is -0.480 e. The van der Waals surface area contributed by atoms with E-state index in [0.717, 1.165) is 18.2 Å². The second-order valence-electron chi connectivity index (χ2n) is 3.80. The molecule has 1 rings (SSSR count). The fourth-order valence-corrected chi connectivity index (χ4v) is 1.68. The molecule has 0 fully saturated rings. The second-order valence-corrected chi connectivity index (χ2v) is 4.21. The van der Waals surface area contributed by atoms with E-state index < -0.39 is 29.4 Å². The Bertz CT molecular complexity index is 548. The van der Waals surface area contributed by atoms with Crippen molar-refractivity contribution in [2.24, 2.45) is 0 Å². The Balaban J connectivity index is 2.92. The molecule has 0 radical (unpaired) electrons. The highest BCUT2D eigenvalue weighted by atomic mass is 35.5. The molecule has 3 N–H and O–H groups in total. The molecule has 1 atom stereocenters. The van der Waals surface area contributed by atoms with Gasteiger partial charge in [0.1, 0.15) is 6.04 Å². The summed E-state index contributed by atoms with van der Waals surface area (Å²) in [6.45, 7) is -0.411. The Morgan fingerprint density at radius 1 is 1.45 bits per heavy atom. The number of carboxylic acids is 1. The summed E-state index contributed by atoms with van der Waals surface area (Å²) in [5.41, 5.74) is -0.363. The Labute approximate surface area is 118 Å². The number of nitrogens with zero attached hydrogens (tertiary/aromatic N) is 1. The van der Waals surface area contributed by atoms with E-state index in [1.54, 1.807) is 0 Å². The number of hydrogen-bond donors (Lipinski definition) is 3. The van der Waals surface area contributed by atoms with Gasteiger partial charge < -0.3 is 15.5 Å². The van der Waals surface area contributed by atoms with Crippen LogP contribution in [-0.2, 0) is 4.79 Å². The van der Waals surface area contributed by atoms with E-state index in [9.17, 15) is 19.7 Å². The van der Waals surface area contributed by atoms with Crippen LogP contribution in [0, 0.1) is 10.1 Å². The van der Waals surface area contributed by atoms with Crippen molar-refractivity contribution in [2.45, 2.75) is 12.5 Å². The molecular formula is C11H11ClN2O6. The molecule has 0 saturated carbocycles. The van der Waals surface area contributed by atoms with Gasteiger partial charge in [-0.05, 0) is 6.07 Å². The third-order valence-electron chi connectivity index (χ3n) is 2.43. The van der Waals surface area contributed by atoms with E-state index in [1.165, 1.54) is 0 Å². The van der Waals surface area contributed by atoms with Gasteiger partial charge in [0.05, 0.1) is 15.5 Å². The molecule has 0 spiro atoms. The van der Waals surface area contributed by atoms with Gasteiger partial charge in [-0.3, -0.25) is 14.9 Å². The molecule has 9 heteroatoms. The van der Waals surface area contributed by atoms with Crippen LogP contribution >= 0.6 is 11.6 Å². The summed E-state index contributed by atoms with van der Waals surface area (Å²) in [7, 11) is 0. The highest BCUT2D eigenvalue weighted by Gasteiger charge is 2.22. The SMILES string of the molecule is O=C(N[C@@H](CCO)C(=O)O)c1ccc([N+](=O)[O-])cc1Cl. The highest BCUT2D eigenvalue weighted by molar-refractivity contribution is 6.34. The van der Waals surface area contributed by atoms with Crippen LogP contribution in [0.15, 0.2) is 18.2 Å². The Hall–Kier alpha value is -2.19. The molecule has 0 aromatic heterocycles. The van der Waals surface area contributed by atoms with Crippen molar-refractivity contribution in [3.8, 4) is 0 Å². The number of non-ortho nitro benzene ring substituents is 1. The molecule has 0 aliphatic carbocycles. The van der Waals surface area contributed by atoms with Crippen LogP contribution < -0.4 is 5.32 Å². The van der Waals surface area contributed by atoms with E-state index in [2.05, 4.69) is 5.32 Å². The number of carbonyl (C=O) groups is 2. The maximum absolute atomic E-state index is 11.8. The largest absolute Gasteiger partial charge is 0.480 e. The highest BCUT2D eigenvalue weighted by Crippen LogP contribution is 2.22. The zero-order valence-electron chi connectivity index (χ0n) is 10.1. The van der Waals surface area contributed by atoms with Crippen molar-refractivity contribution in [3.63, 3.8) is 0 Å². The minimum absolute atomic E-state index is 0.0820. The number of carboxylic acid groups (broad SMARTS) is 1. The number of benzene rings is 1. The van der Waals surface area contributed by atoms with Gasteiger partial charge in [0, 0.05) is 25.2 Å². The first-order valence-corrected chi connectivity index (χ1v) is 5.83. The van der Waals surface area contributed by atoms with Crippen molar-refractivity contribution in [3.05, 3.63) is 38.9 Å². The molecule has 1 aromatic carbocycles. The van der Waals surface area contributed by atoms with Crippen LogP contribution in [0.3, 0.4) is 0 Å². The zero-order valence-corrected chi connectivity index (χ0v) is 10.8. The van der Waals surface area contributed by atoms with Crippen LogP contribution in [0.5, 0.6) is 0 Å². The van der Waals surface area contributed by atoms with E-state index in [4.69, 9.17) is 21.8 Å². The Morgan fingerprint density at radius 2 is 2.10 bits per heavy atom. The molecule has 108 valence electrons. The van der Waals surface area contributed by atoms with Crippen molar-refractivity contribution in [1.82, 2.24) is 5.32 Å². The fourth-order valence-electron chi connectivity index (χ4n) is 1.42. The number of nitro groups is 1. The van der Waals surface area contributed by atoms with E-state index in [0.29, 0.717) is 0 Å². The van der Waals surface area contributed by atoms with Gasteiger partial charge in [-0.15, -0.1) is 0 Å². The number of amides is 1. The number of carbonyl (C=O) groups excluding carboxylic acids is 1. The molecule has 20 heavy (non-hydrogen) atoms. The van der Waals surface area contributed by atoms with E-state index in [1.807, 2.05) is 0 Å². The summed E-state index contributed by atoms with van der Waals surface area (Å²) in [5, 5.41) is 30.1. The number of halogens is 1. The molecule has 8 nitrogen and oxygen atoms in total. The van der Waals surface area contributed by atoms with Crippen molar-refractivity contribution >= 4 is 29.2 Å². The molecule has 0 bridgehead atoms. The van der Waals surface area contributed by atoms with Crippen molar-refractivity contribution in [2.75, 3.05) is 6.61 Å². The van der Waals surface area contributed by atoms with Crippen molar-refractivity contribution in [1.29, 1.82) is 0 Å². The summed E-state index contributed by atoms with van der Waals surface area (Å²) in [6.07, 6.45) is -0.161. The lowest BCUT2D eigenvalue weighted by molar-refractivity contribution is -0.384. The monoisotopic (exact) mass is 302 g/mol. The van der Waals surface area contributed by atoms with Crippen LogP contribution in [0.25, 0.3) is 0 Å². The van der Waals surface area contributed by atoms with E-state index >= 15 is 0 Å². The number of nitro benzene ring substituents is 1. The number of aliphatic hydroxyl groups excluding tert-OH is 1. The Morgan fingerprint density at radius 3 is 2.55 bits per heavy atom. The lowest BCUT2D eigenvalue weighted by Gasteiger charge is -2.13. The minimum atomic E-state index is -1.30. The van der Waals surface area contributed by atoms with Gasteiger partial charge in [-0.25, -0.2) is 4.79 Å². The molecule has 1 amide bonds. The summed E-state index contributed by atoms with van der Waals surface area (Å²) in [4.78, 5) is 32.5. The molecular weight excluding hydrogens is 292 g/mol. The number of nitrogens with one attached hydrogen (secondary N) is 1. The average Bonchev–Trinajstić information content (AvgIpc) is 2.37. The van der Waals surface area contributed by atoms with Crippen LogP contribution in [0.2, 0.25) is 5.02 Å². The first-order valence-electron chi connectivity index (χ1n) is 5.45. The lowest BCUT2D eigenvalue weighted by atomic mass is 10.1. The molecule has 1 aromatic rings. The number of aliphatic hydroxyl groups is 1. The van der Waals surface area contributed by atoms with Crippen LogP contribution in [0.1, 0.15) is 16.8 Å². The van der Waals surface area contributed by atoms with Crippen molar-refractivity contribution < 1.29 is 24.7 Å². The van der Waals surface area contributed by atoms with Gasteiger partial charge in [-0.2, -0.15) is 0 Å². The average molecular weight is 303 g/mol. The normalized spacial score (nSPS) is 11.7. The third-order valence-corrected chi connectivity index (χ3v) is 2.74. The van der Waals surface area contributed by atoms with Gasteiger partial charge in [-0.1, -0.05) is 11.6 Å². The zero-order chi connectivity index (χ0) is 15.3. The standard InChI is InChI=1S/C11H11ClN2O6/c12-8-5-6(14(19)20)1-2-7(8)10(16)13-9(3-4-15)11(17)18/h1-2,5,9,15H,3-4H2,(H,13,16)(H,17,18)/t9-/m0/s1. The van der Waals surface area contributed by atoms with Crippen LogP contribution in [0.4, 0.5) is 5.69 Å². The molecule has 0 aliphatic rings. The van der Waals surface area contributed by atoms with Crippen LogP contribution in [-0.4, -0.2) is 39.7 Å². The molecule has 0 aliphatic heterocycles. The first-order chi connectivity index (χ1) is 9.36. The number of hydrogen-bond acceptors (Lipinski definition) is 5. The lowest BCUT2D eigenvalue weighted by Crippen LogP contribution is -2.41. The molecule has 0 unspecified atom stereocenters. The summed E-state index contributed by atoms with van der Waals surface area (Å²) in [5.74, 6) is -2.09. The maximum atomic E-state index is 11.8. The third kappa shape index (κ3) is 3.90. The quantitative estimate of drug-likeness (QED) is 0.526. The topological polar surface area (TPSA) is 130 Å². The summed E-state index contributed by atoms with van der Waals surface area (Å²) in [6, 6.07) is 1.95. The van der Waals surface area contributed by atoms with Gasteiger partial charge in [0.25, 0.3) is 11.6 Å². The Kier molecular flexibility index (Phi) is 5.42. The van der Waals surface area contributed by atoms with E-state index in [-0.39, 0.29) is 22.7 Å². The van der Waals surface area contributed by atoms with Gasteiger partial charge in [0.2, 0.25) is 0 Å².